The van der Waals surface area contributed by atoms with Crippen molar-refractivity contribution in [1.82, 2.24) is 9.97 Å². The van der Waals surface area contributed by atoms with Crippen LogP contribution in [-0.4, -0.2) is 34.1 Å². The third kappa shape index (κ3) is 2.41. The van der Waals surface area contributed by atoms with E-state index in [1.165, 1.54) is 12.8 Å². The van der Waals surface area contributed by atoms with Gasteiger partial charge in [0.1, 0.15) is 0 Å². The number of anilines is 1. The highest BCUT2D eigenvalue weighted by Gasteiger charge is 2.25. The van der Waals surface area contributed by atoms with Crippen LogP contribution in [0, 0.1) is 0 Å². The molecule has 0 bridgehead atoms. The molecule has 0 saturated carbocycles. The molecule has 1 saturated heterocycles. The van der Waals surface area contributed by atoms with E-state index in [9.17, 15) is 9.90 Å². The number of nitrogens with zero attached hydrogens (tertiary/aromatic N) is 3. The van der Waals surface area contributed by atoms with Gasteiger partial charge in [0.25, 0.3) is 0 Å². The first kappa shape index (κ1) is 12.4. The normalized spacial score (nSPS) is 19.1. The molecule has 0 unspecified atom stereocenters. The van der Waals surface area contributed by atoms with Crippen LogP contribution in [0.3, 0.4) is 0 Å². The molecule has 1 aromatic rings. The van der Waals surface area contributed by atoms with Crippen molar-refractivity contribution in [1.29, 1.82) is 0 Å². The summed E-state index contributed by atoms with van der Waals surface area (Å²) < 4.78 is 0. The fraction of sp³-hybridized carbons (Fsp3) is 0.643. The van der Waals surface area contributed by atoms with Crippen molar-refractivity contribution in [2.45, 2.75) is 44.9 Å². The molecule has 2 heterocycles. The summed E-state index contributed by atoms with van der Waals surface area (Å²) >= 11 is 0. The average molecular weight is 261 g/mol. The summed E-state index contributed by atoms with van der Waals surface area (Å²) in [4.78, 5) is 22.4. The van der Waals surface area contributed by atoms with Crippen molar-refractivity contribution >= 4 is 11.9 Å². The van der Waals surface area contributed by atoms with Gasteiger partial charge in [-0.1, -0.05) is 12.8 Å². The SMILES string of the molecule is O=C(O)c1nc(N2CCCCCC2)nc2c1CCC2. The summed E-state index contributed by atoms with van der Waals surface area (Å²) in [5, 5.41) is 9.32. The van der Waals surface area contributed by atoms with E-state index in [-0.39, 0.29) is 5.69 Å². The highest BCUT2D eigenvalue weighted by atomic mass is 16.4. The van der Waals surface area contributed by atoms with Gasteiger partial charge in [-0.05, 0) is 32.1 Å². The fourth-order valence-electron chi connectivity index (χ4n) is 3.01. The molecular formula is C14H19N3O2. The monoisotopic (exact) mass is 261 g/mol. The van der Waals surface area contributed by atoms with Crippen LogP contribution in [0.25, 0.3) is 0 Å². The molecule has 1 N–H and O–H groups in total. The highest BCUT2D eigenvalue weighted by molar-refractivity contribution is 5.88. The number of aromatic nitrogens is 2. The molecule has 0 radical (unpaired) electrons. The first-order valence-electron chi connectivity index (χ1n) is 7.14. The maximum absolute atomic E-state index is 11.4. The summed E-state index contributed by atoms with van der Waals surface area (Å²) in [7, 11) is 0. The van der Waals surface area contributed by atoms with Crippen LogP contribution in [0.5, 0.6) is 0 Å². The first-order valence-corrected chi connectivity index (χ1v) is 7.14. The second kappa shape index (κ2) is 5.15. The summed E-state index contributed by atoms with van der Waals surface area (Å²) in [6.07, 6.45) is 7.45. The molecule has 3 rings (SSSR count). The van der Waals surface area contributed by atoms with E-state index in [4.69, 9.17) is 0 Å². The zero-order valence-electron chi connectivity index (χ0n) is 11.1. The molecule has 5 heteroatoms. The average Bonchev–Trinajstić information content (AvgIpc) is 2.70. The maximum atomic E-state index is 11.4. The lowest BCUT2D eigenvalue weighted by Crippen LogP contribution is -2.27. The maximum Gasteiger partial charge on any atom is 0.354 e. The summed E-state index contributed by atoms with van der Waals surface area (Å²) in [6.45, 7) is 1.88. The Labute approximate surface area is 112 Å². The Kier molecular flexibility index (Phi) is 3.36. The zero-order chi connectivity index (χ0) is 13.2. The number of carboxylic acids is 1. The van der Waals surface area contributed by atoms with Crippen molar-refractivity contribution in [2.75, 3.05) is 18.0 Å². The molecule has 102 valence electrons. The molecule has 19 heavy (non-hydrogen) atoms. The number of hydrogen-bond donors (Lipinski definition) is 1. The van der Waals surface area contributed by atoms with E-state index < -0.39 is 5.97 Å². The molecular weight excluding hydrogens is 242 g/mol. The minimum absolute atomic E-state index is 0.224. The van der Waals surface area contributed by atoms with Gasteiger partial charge in [-0.2, -0.15) is 0 Å². The summed E-state index contributed by atoms with van der Waals surface area (Å²) in [5.74, 6) is -0.295. The van der Waals surface area contributed by atoms with Crippen molar-refractivity contribution in [3.8, 4) is 0 Å². The molecule has 0 amide bonds. The Morgan fingerprint density at radius 3 is 2.42 bits per heavy atom. The Morgan fingerprint density at radius 1 is 1.00 bits per heavy atom. The lowest BCUT2D eigenvalue weighted by molar-refractivity contribution is 0.0689. The van der Waals surface area contributed by atoms with E-state index in [0.29, 0.717) is 5.95 Å². The van der Waals surface area contributed by atoms with Gasteiger partial charge in [0.05, 0.1) is 5.69 Å². The largest absolute Gasteiger partial charge is 0.476 e. The Bertz CT molecular complexity index is 494. The van der Waals surface area contributed by atoms with Gasteiger partial charge in [0.2, 0.25) is 5.95 Å². The van der Waals surface area contributed by atoms with E-state index in [1.54, 1.807) is 0 Å². The number of fused-ring (bicyclic) bond motifs is 1. The fourth-order valence-corrected chi connectivity index (χ4v) is 3.01. The van der Waals surface area contributed by atoms with Crippen molar-refractivity contribution in [2.24, 2.45) is 0 Å². The third-order valence-corrected chi connectivity index (χ3v) is 4.01. The van der Waals surface area contributed by atoms with Gasteiger partial charge in [-0.15, -0.1) is 0 Å². The van der Waals surface area contributed by atoms with E-state index in [1.807, 2.05) is 0 Å². The topological polar surface area (TPSA) is 66.3 Å². The number of carbonyl (C=O) groups is 1. The molecule has 0 spiro atoms. The lowest BCUT2D eigenvalue weighted by atomic mass is 10.2. The minimum atomic E-state index is -0.920. The van der Waals surface area contributed by atoms with Crippen LogP contribution < -0.4 is 4.90 Å². The quantitative estimate of drug-likeness (QED) is 0.882. The van der Waals surface area contributed by atoms with Crippen LogP contribution in [-0.2, 0) is 12.8 Å². The molecule has 1 aliphatic heterocycles. The molecule has 0 aromatic carbocycles. The highest BCUT2D eigenvalue weighted by Crippen LogP contribution is 2.26. The smallest absolute Gasteiger partial charge is 0.354 e. The van der Waals surface area contributed by atoms with Gasteiger partial charge >= 0.3 is 5.97 Å². The number of hydrogen-bond acceptors (Lipinski definition) is 4. The van der Waals surface area contributed by atoms with Gasteiger partial charge in [0.15, 0.2) is 5.69 Å². The predicted octanol–water partition coefficient (Wildman–Crippen LogP) is 2.04. The molecule has 0 atom stereocenters. The van der Waals surface area contributed by atoms with Crippen molar-refractivity contribution in [3.05, 3.63) is 17.0 Å². The van der Waals surface area contributed by atoms with Gasteiger partial charge in [0, 0.05) is 18.7 Å². The summed E-state index contributed by atoms with van der Waals surface area (Å²) in [5.41, 5.74) is 2.03. The van der Waals surface area contributed by atoms with Crippen LogP contribution in [0.4, 0.5) is 5.95 Å². The van der Waals surface area contributed by atoms with E-state index in [2.05, 4.69) is 14.9 Å². The van der Waals surface area contributed by atoms with Crippen LogP contribution in [0.2, 0.25) is 0 Å². The zero-order valence-corrected chi connectivity index (χ0v) is 11.1. The second-order valence-corrected chi connectivity index (χ2v) is 5.36. The van der Waals surface area contributed by atoms with Gasteiger partial charge in [-0.3, -0.25) is 0 Å². The van der Waals surface area contributed by atoms with E-state index in [0.717, 1.165) is 56.5 Å². The molecule has 1 fully saturated rings. The standard InChI is InChI=1S/C14H19N3O2/c18-13(19)12-10-6-5-7-11(10)15-14(16-12)17-8-3-1-2-4-9-17/h1-9H2,(H,18,19). The molecule has 5 nitrogen and oxygen atoms in total. The molecule has 1 aliphatic carbocycles. The van der Waals surface area contributed by atoms with Crippen LogP contribution in [0.1, 0.15) is 53.8 Å². The first-order chi connectivity index (χ1) is 9.25. The van der Waals surface area contributed by atoms with Crippen molar-refractivity contribution < 1.29 is 9.90 Å². The number of rotatable bonds is 2. The van der Waals surface area contributed by atoms with Gasteiger partial charge < -0.3 is 10.0 Å². The molecule has 1 aromatic heterocycles. The Morgan fingerprint density at radius 2 is 1.74 bits per heavy atom. The van der Waals surface area contributed by atoms with Gasteiger partial charge in [-0.25, -0.2) is 14.8 Å². The number of aryl methyl sites for hydroxylation is 1. The Hall–Kier alpha value is -1.65. The summed E-state index contributed by atoms with van der Waals surface area (Å²) in [6, 6.07) is 0. The number of carboxylic acid groups (broad SMARTS) is 1. The second-order valence-electron chi connectivity index (χ2n) is 5.36. The number of aromatic carboxylic acids is 1. The van der Waals surface area contributed by atoms with Crippen molar-refractivity contribution in [3.63, 3.8) is 0 Å². The van der Waals surface area contributed by atoms with Crippen LogP contribution in [0.15, 0.2) is 0 Å². The predicted molar refractivity (Wildman–Crippen MR) is 71.7 cm³/mol. The van der Waals surface area contributed by atoms with Crippen LogP contribution >= 0.6 is 0 Å². The van der Waals surface area contributed by atoms with E-state index >= 15 is 0 Å². The lowest BCUT2D eigenvalue weighted by Gasteiger charge is -2.21. The minimum Gasteiger partial charge on any atom is -0.476 e. The Balaban J connectivity index is 1.97. The third-order valence-electron chi connectivity index (χ3n) is 4.01. The molecule has 2 aliphatic rings.